The van der Waals surface area contributed by atoms with Crippen LogP contribution in [0.4, 0.5) is 5.69 Å². The van der Waals surface area contributed by atoms with Crippen LogP contribution in [0.1, 0.15) is 37.5 Å². The number of benzene rings is 3. The lowest BCUT2D eigenvalue weighted by atomic mass is 10.0. The second-order valence-corrected chi connectivity index (χ2v) is 9.40. The van der Waals surface area contributed by atoms with Crippen LogP contribution >= 0.6 is 11.8 Å². The molecular weight excluding hydrogens is 478 g/mol. The summed E-state index contributed by atoms with van der Waals surface area (Å²) >= 11 is 1.54. The van der Waals surface area contributed by atoms with Crippen molar-refractivity contribution in [2.75, 3.05) is 37.9 Å². The number of hydrogen-bond donors (Lipinski definition) is 1. The maximum atomic E-state index is 13.9. The molecule has 2 N–H and O–H groups in total. The van der Waals surface area contributed by atoms with Crippen LogP contribution in [0, 0.1) is 0 Å². The van der Waals surface area contributed by atoms with Gasteiger partial charge in [0.25, 0.3) is 17.7 Å². The van der Waals surface area contributed by atoms with Crippen molar-refractivity contribution in [1.82, 2.24) is 9.80 Å². The van der Waals surface area contributed by atoms with Crippen molar-refractivity contribution in [3.05, 3.63) is 77.4 Å². The molecule has 1 atom stereocenters. The zero-order chi connectivity index (χ0) is 25.8. The molecule has 0 saturated heterocycles. The first-order valence-corrected chi connectivity index (χ1v) is 12.9. The number of esters is 1. The first kappa shape index (κ1) is 25.2. The molecule has 0 unspecified atom stereocenters. The minimum Gasteiger partial charge on any atom is -0.467 e. The molecule has 0 fully saturated rings. The third kappa shape index (κ3) is 4.79. The van der Waals surface area contributed by atoms with Crippen molar-refractivity contribution in [1.29, 1.82) is 0 Å². The van der Waals surface area contributed by atoms with E-state index in [1.807, 2.05) is 12.3 Å². The summed E-state index contributed by atoms with van der Waals surface area (Å²) in [5.74, 6) is -1.16. The number of nitrogens with zero attached hydrogens (tertiary/aromatic N) is 2. The highest BCUT2D eigenvalue weighted by Gasteiger charge is 2.37. The highest BCUT2D eigenvalue weighted by atomic mass is 32.2. The van der Waals surface area contributed by atoms with E-state index in [4.69, 9.17) is 10.5 Å². The summed E-state index contributed by atoms with van der Waals surface area (Å²) in [6, 6.07) is 16.3. The summed E-state index contributed by atoms with van der Waals surface area (Å²) in [7, 11) is 1.28. The van der Waals surface area contributed by atoms with Crippen LogP contribution in [0.25, 0.3) is 10.8 Å². The van der Waals surface area contributed by atoms with E-state index >= 15 is 0 Å². The number of methoxy groups -OCH3 is 1. The van der Waals surface area contributed by atoms with Gasteiger partial charge < -0.3 is 15.4 Å². The molecule has 0 aliphatic carbocycles. The molecule has 186 valence electrons. The largest absolute Gasteiger partial charge is 0.467 e. The van der Waals surface area contributed by atoms with Crippen LogP contribution < -0.4 is 5.73 Å². The minimum absolute atomic E-state index is 0.0240. The van der Waals surface area contributed by atoms with Crippen molar-refractivity contribution in [2.24, 2.45) is 0 Å². The fraction of sp³-hybridized carbons (Fsp3) is 0.259. The number of thioether (sulfide) groups is 1. The first-order chi connectivity index (χ1) is 17.4. The number of nitrogens with two attached hydrogens (primary N) is 1. The second-order valence-electron chi connectivity index (χ2n) is 8.41. The Morgan fingerprint density at radius 3 is 2.36 bits per heavy atom. The van der Waals surface area contributed by atoms with Crippen LogP contribution in [0.2, 0.25) is 0 Å². The second kappa shape index (κ2) is 10.8. The molecular formula is C27H27N3O5S. The van der Waals surface area contributed by atoms with Crippen LogP contribution in [-0.4, -0.2) is 71.7 Å². The standard InChI is InChI=1S/C27H27N3O5S/c1-35-27(34)23(12-15-36-2)29(13-14-30-25(32)21-7-3-4-8-22(21)26(30)33)24(31)20-9-5-6-17-16-18(28)10-11-19(17)20/h3-11,16,23H,12-15,28H2,1-2H3/t23-/m0/s1. The molecule has 0 bridgehead atoms. The molecule has 4 rings (SSSR count). The monoisotopic (exact) mass is 505 g/mol. The molecule has 0 spiro atoms. The van der Waals surface area contributed by atoms with E-state index in [1.165, 1.54) is 12.0 Å². The van der Waals surface area contributed by atoms with Gasteiger partial charge in [0.1, 0.15) is 6.04 Å². The van der Waals surface area contributed by atoms with Crippen LogP contribution in [0.15, 0.2) is 60.7 Å². The summed E-state index contributed by atoms with van der Waals surface area (Å²) in [6.45, 7) is -0.0770. The third-order valence-corrected chi connectivity index (χ3v) is 6.93. The van der Waals surface area contributed by atoms with E-state index < -0.39 is 29.7 Å². The van der Waals surface area contributed by atoms with Crippen LogP contribution in [0.5, 0.6) is 0 Å². The molecule has 3 amide bonds. The number of hydrogen-bond acceptors (Lipinski definition) is 7. The van der Waals surface area contributed by atoms with Crippen LogP contribution in [-0.2, 0) is 9.53 Å². The highest BCUT2D eigenvalue weighted by molar-refractivity contribution is 7.98. The predicted molar refractivity (Wildman–Crippen MR) is 140 cm³/mol. The van der Waals surface area contributed by atoms with Gasteiger partial charge in [-0.25, -0.2) is 4.79 Å². The fourth-order valence-electron chi connectivity index (χ4n) is 4.46. The van der Waals surface area contributed by atoms with Gasteiger partial charge >= 0.3 is 5.97 Å². The Labute approximate surface area is 213 Å². The van der Waals surface area contributed by atoms with Gasteiger partial charge in [0.15, 0.2) is 0 Å². The third-order valence-electron chi connectivity index (χ3n) is 6.28. The van der Waals surface area contributed by atoms with Crippen molar-refractivity contribution in [2.45, 2.75) is 12.5 Å². The van der Waals surface area contributed by atoms with Gasteiger partial charge in [0, 0.05) is 24.3 Å². The van der Waals surface area contributed by atoms with Gasteiger partial charge in [-0.1, -0.05) is 30.3 Å². The van der Waals surface area contributed by atoms with Crippen LogP contribution in [0.3, 0.4) is 0 Å². The lowest BCUT2D eigenvalue weighted by Gasteiger charge is -2.31. The van der Waals surface area contributed by atoms with E-state index in [1.54, 1.807) is 66.4 Å². The molecule has 3 aromatic carbocycles. The number of carbonyl (C=O) groups is 4. The number of fused-ring (bicyclic) bond motifs is 2. The van der Waals surface area contributed by atoms with Gasteiger partial charge in [-0.15, -0.1) is 0 Å². The average Bonchev–Trinajstić information content (AvgIpc) is 3.14. The number of ether oxygens (including phenoxy) is 1. The van der Waals surface area contributed by atoms with Gasteiger partial charge in [0.2, 0.25) is 0 Å². The van der Waals surface area contributed by atoms with E-state index in [9.17, 15) is 19.2 Å². The Balaban J connectivity index is 1.69. The lowest BCUT2D eigenvalue weighted by Crippen LogP contribution is -2.49. The topological polar surface area (TPSA) is 110 Å². The van der Waals surface area contributed by atoms with Crippen molar-refractivity contribution < 1.29 is 23.9 Å². The zero-order valence-corrected chi connectivity index (χ0v) is 20.9. The van der Waals surface area contributed by atoms with Gasteiger partial charge in [-0.05, 0) is 59.5 Å². The molecule has 36 heavy (non-hydrogen) atoms. The molecule has 9 heteroatoms. The number of anilines is 1. The number of imide groups is 1. The van der Waals surface area contributed by atoms with E-state index in [0.717, 1.165) is 10.3 Å². The predicted octanol–water partition coefficient (Wildman–Crippen LogP) is 3.46. The van der Waals surface area contributed by atoms with Gasteiger partial charge in [-0.3, -0.25) is 19.3 Å². The van der Waals surface area contributed by atoms with Gasteiger partial charge in [-0.2, -0.15) is 11.8 Å². The quantitative estimate of drug-likeness (QED) is 0.269. The maximum absolute atomic E-state index is 13.9. The summed E-state index contributed by atoms with van der Waals surface area (Å²) in [4.78, 5) is 55.1. The Morgan fingerprint density at radius 1 is 1.03 bits per heavy atom. The Kier molecular flexibility index (Phi) is 7.59. The van der Waals surface area contributed by atoms with Crippen molar-refractivity contribution in [3.8, 4) is 0 Å². The number of amides is 3. The first-order valence-electron chi connectivity index (χ1n) is 11.5. The van der Waals surface area contributed by atoms with Crippen molar-refractivity contribution in [3.63, 3.8) is 0 Å². The van der Waals surface area contributed by atoms with E-state index in [-0.39, 0.29) is 13.1 Å². The highest BCUT2D eigenvalue weighted by Crippen LogP contribution is 2.26. The van der Waals surface area contributed by atoms with E-state index in [0.29, 0.717) is 39.9 Å². The SMILES string of the molecule is COC(=O)[C@H](CCSC)N(CCN1C(=O)c2ccccc2C1=O)C(=O)c1cccc2cc(N)ccc12. The maximum Gasteiger partial charge on any atom is 0.328 e. The summed E-state index contributed by atoms with van der Waals surface area (Å²) in [5.41, 5.74) is 7.55. The molecule has 0 aromatic heterocycles. The molecule has 1 aliphatic heterocycles. The summed E-state index contributed by atoms with van der Waals surface area (Å²) in [5, 5.41) is 1.48. The number of carbonyl (C=O) groups excluding carboxylic acids is 4. The normalized spacial score (nSPS) is 13.6. The molecule has 0 saturated carbocycles. The lowest BCUT2D eigenvalue weighted by molar-refractivity contribution is -0.146. The smallest absolute Gasteiger partial charge is 0.328 e. The Hall–Kier alpha value is -3.85. The average molecular weight is 506 g/mol. The van der Waals surface area contributed by atoms with Crippen molar-refractivity contribution >= 4 is 51.9 Å². The Bertz CT molecular complexity index is 1310. The van der Waals surface area contributed by atoms with E-state index in [2.05, 4.69) is 0 Å². The summed E-state index contributed by atoms with van der Waals surface area (Å²) < 4.78 is 5.04. The number of rotatable bonds is 9. The Morgan fingerprint density at radius 2 is 1.72 bits per heavy atom. The molecule has 3 aromatic rings. The van der Waals surface area contributed by atoms with Gasteiger partial charge in [0.05, 0.1) is 18.2 Å². The zero-order valence-electron chi connectivity index (χ0n) is 20.1. The fourth-order valence-corrected chi connectivity index (χ4v) is 4.92. The molecule has 1 aliphatic rings. The minimum atomic E-state index is -0.880. The molecule has 1 heterocycles. The number of nitrogen functional groups attached to an aromatic ring is 1. The molecule has 0 radical (unpaired) electrons. The molecule has 8 nitrogen and oxygen atoms in total. The summed E-state index contributed by atoms with van der Waals surface area (Å²) in [6.07, 6.45) is 2.27.